The van der Waals surface area contributed by atoms with Crippen molar-refractivity contribution in [3.8, 4) is 11.5 Å². The molecule has 4 atom stereocenters. The molecule has 4 heterocycles. The van der Waals surface area contributed by atoms with Gasteiger partial charge < -0.3 is 30.8 Å². The average molecular weight is 613 g/mol. The second-order valence-corrected chi connectivity index (χ2v) is 13.5. The number of carbonyl (C=O) groups is 1. The number of piperidine rings is 1. The highest BCUT2D eigenvalue weighted by Gasteiger charge is 2.41. The van der Waals surface area contributed by atoms with Crippen molar-refractivity contribution >= 4 is 28.0 Å². The van der Waals surface area contributed by atoms with E-state index in [0.29, 0.717) is 29.1 Å². The number of allylic oxidation sites excluding steroid dienone is 1. The van der Waals surface area contributed by atoms with Crippen molar-refractivity contribution < 1.29 is 9.18 Å². The van der Waals surface area contributed by atoms with Crippen molar-refractivity contribution in [1.82, 2.24) is 29.3 Å². The van der Waals surface area contributed by atoms with Gasteiger partial charge in [-0.3, -0.25) is 4.79 Å². The van der Waals surface area contributed by atoms with Gasteiger partial charge in [-0.1, -0.05) is 13.0 Å². The lowest BCUT2D eigenvalue weighted by Gasteiger charge is -2.37. The van der Waals surface area contributed by atoms with Crippen LogP contribution in [-0.4, -0.2) is 55.6 Å². The van der Waals surface area contributed by atoms with Gasteiger partial charge in [0.15, 0.2) is 5.82 Å². The number of aryl methyl sites for hydroxylation is 1. The lowest BCUT2D eigenvalue weighted by molar-refractivity contribution is 0.0603. The molecule has 3 aliphatic rings. The zero-order valence-corrected chi connectivity index (χ0v) is 26.4. The number of imidazole rings is 1. The van der Waals surface area contributed by atoms with Gasteiger partial charge in [-0.25, -0.2) is 14.4 Å². The summed E-state index contributed by atoms with van der Waals surface area (Å²) in [5.74, 6) is 0.644. The third-order valence-electron chi connectivity index (χ3n) is 10.2. The van der Waals surface area contributed by atoms with Crippen molar-refractivity contribution in [2.24, 2.45) is 17.4 Å². The molecule has 238 valence electrons. The fourth-order valence-electron chi connectivity index (χ4n) is 7.50. The molecule has 2 saturated carbocycles. The van der Waals surface area contributed by atoms with Crippen LogP contribution in [0, 0.1) is 11.7 Å². The Bertz CT molecular complexity index is 1770. The molecule has 5 N–H and O–H groups in total. The maximum absolute atomic E-state index is 16.1. The van der Waals surface area contributed by atoms with Crippen LogP contribution in [0.3, 0.4) is 0 Å². The van der Waals surface area contributed by atoms with E-state index in [4.69, 9.17) is 21.4 Å². The van der Waals surface area contributed by atoms with Crippen molar-refractivity contribution in [2.45, 2.75) is 95.4 Å². The van der Waals surface area contributed by atoms with Crippen LogP contribution in [0.5, 0.6) is 0 Å². The Morgan fingerprint density at radius 2 is 1.91 bits per heavy atom. The van der Waals surface area contributed by atoms with E-state index < -0.39 is 5.82 Å². The van der Waals surface area contributed by atoms with Gasteiger partial charge in [0.05, 0.1) is 16.9 Å². The largest absolute Gasteiger partial charge is 0.392 e. The fraction of sp³-hybridized carbons (Fsp3) is 0.514. The van der Waals surface area contributed by atoms with Gasteiger partial charge in [0.25, 0.3) is 5.91 Å². The van der Waals surface area contributed by atoms with Crippen molar-refractivity contribution in [3.05, 3.63) is 59.7 Å². The molecule has 1 saturated heterocycles. The summed E-state index contributed by atoms with van der Waals surface area (Å²) in [6.45, 7) is 7.26. The summed E-state index contributed by atoms with van der Waals surface area (Å²) in [6, 6.07) is 9.48. The zero-order valence-electron chi connectivity index (χ0n) is 26.4. The summed E-state index contributed by atoms with van der Waals surface area (Å²) >= 11 is 0. The molecule has 10 heteroatoms. The monoisotopic (exact) mass is 612 g/mol. The van der Waals surface area contributed by atoms with Crippen LogP contribution in [0.15, 0.2) is 42.6 Å². The van der Waals surface area contributed by atoms with Crippen LogP contribution in [0.4, 0.5) is 4.39 Å². The minimum Gasteiger partial charge on any atom is -0.392 e. The third kappa shape index (κ3) is 5.52. The summed E-state index contributed by atoms with van der Waals surface area (Å²) in [4.78, 5) is 25.7. The predicted molar refractivity (Wildman–Crippen MR) is 176 cm³/mol. The Hall–Kier alpha value is -3.76. The van der Waals surface area contributed by atoms with E-state index in [-0.39, 0.29) is 30.1 Å². The first-order chi connectivity index (χ1) is 21.7. The molecule has 0 radical (unpaired) electrons. The summed E-state index contributed by atoms with van der Waals surface area (Å²) < 4.78 is 20.4. The van der Waals surface area contributed by atoms with Gasteiger partial charge in [-0.15, -0.1) is 0 Å². The minimum absolute atomic E-state index is 0.0256. The summed E-state index contributed by atoms with van der Waals surface area (Å²) in [6.07, 6.45) is 8.85. The molecule has 1 amide bonds. The van der Waals surface area contributed by atoms with Crippen LogP contribution < -0.4 is 16.8 Å². The molecule has 2 aliphatic carbocycles. The molecule has 0 unspecified atom stereocenters. The SMILES string of the molecule is C=C(CCCCCn1c(-c2nc3cc(C(=O)N4C[C@H](N)[C@@H]5CC[C@H]4C5)cc(F)c3n2C2CC2)cc2ccc([C@@H](C)N)nc21)NC. The quantitative estimate of drug-likeness (QED) is 0.184. The normalized spacial score (nSPS) is 22.0. The van der Waals surface area contributed by atoms with Crippen molar-refractivity contribution in [1.29, 1.82) is 0 Å². The third-order valence-corrected chi connectivity index (χ3v) is 10.2. The molecule has 45 heavy (non-hydrogen) atoms. The molecular weight excluding hydrogens is 567 g/mol. The number of nitrogens with zero attached hydrogens (tertiary/aromatic N) is 5. The molecular formula is C35H45FN8O. The van der Waals surface area contributed by atoms with E-state index in [0.717, 1.165) is 98.3 Å². The first-order valence-electron chi connectivity index (χ1n) is 16.6. The smallest absolute Gasteiger partial charge is 0.254 e. The van der Waals surface area contributed by atoms with Crippen LogP contribution in [0.2, 0.25) is 0 Å². The number of fused-ring (bicyclic) bond motifs is 4. The number of nitrogens with one attached hydrogen (secondary N) is 1. The van der Waals surface area contributed by atoms with E-state index in [9.17, 15) is 4.79 Å². The van der Waals surface area contributed by atoms with Gasteiger partial charge in [-0.05, 0) is 94.5 Å². The molecule has 1 aliphatic heterocycles. The lowest BCUT2D eigenvalue weighted by atomic mass is 9.94. The number of carbonyl (C=O) groups excluding carboxylic acids is 1. The maximum atomic E-state index is 16.1. The Kier molecular flexibility index (Phi) is 7.90. The maximum Gasteiger partial charge on any atom is 0.254 e. The van der Waals surface area contributed by atoms with Gasteiger partial charge in [-0.2, -0.15) is 0 Å². The van der Waals surface area contributed by atoms with Gasteiger partial charge in [0.2, 0.25) is 0 Å². The van der Waals surface area contributed by atoms with Crippen LogP contribution >= 0.6 is 0 Å². The van der Waals surface area contributed by atoms with Crippen LogP contribution in [0.25, 0.3) is 33.6 Å². The highest BCUT2D eigenvalue weighted by atomic mass is 19.1. The molecule has 0 spiro atoms. The predicted octanol–water partition coefficient (Wildman–Crippen LogP) is 5.79. The Morgan fingerprint density at radius 1 is 1.11 bits per heavy atom. The van der Waals surface area contributed by atoms with Crippen LogP contribution in [0.1, 0.15) is 92.8 Å². The number of likely N-dealkylation sites (tertiary alicyclic amines) is 1. The van der Waals surface area contributed by atoms with Gasteiger partial charge in [0.1, 0.15) is 17.0 Å². The van der Waals surface area contributed by atoms with E-state index >= 15 is 4.39 Å². The Morgan fingerprint density at radius 3 is 2.67 bits per heavy atom. The standard InChI is InChI=1S/C35H45FN8O/c1-20(39-3)7-5-4-6-14-42-31(18-23-9-13-29(21(2)37)40-33(23)42)34-41-30-17-24(16-27(36)32(30)44(34)25-11-12-25)35(45)43-19-28(38)22-8-10-26(43)15-22/h9,13,16-18,21-22,25-26,28,39H,1,4-8,10-12,14-15,19,37-38H2,2-3H3/t21-,22-,26+,28+/m1/s1. The van der Waals surface area contributed by atoms with Gasteiger partial charge in [0, 0.05) is 61.0 Å². The number of amides is 1. The number of halogens is 1. The second-order valence-electron chi connectivity index (χ2n) is 13.5. The molecule has 3 aromatic heterocycles. The van der Waals surface area contributed by atoms with Crippen molar-refractivity contribution in [3.63, 3.8) is 0 Å². The first-order valence-corrected chi connectivity index (χ1v) is 16.6. The Labute approximate surface area is 263 Å². The molecule has 3 fully saturated rings. The molecule has 7 rings (SSSR count). The number of rotatable bonds is 11. The lowest BCUT2D eigenvalue weighted by Crippen LogP contribution is -2.51. The van der Waals surface area contributed by atoms with Crippen molar-refractivity contribution in [2.75, 3.05) is 13.6 Å². The first kappa shape index (κ1) is 29.9. The summed E-state index contributed by atoms with van der Waals surface area (Å²) in [5, 5.41) is 4.13. The van der Waals surface area contributed by atoms with E-state index in [1.165, 1.54) is 6.07 Å². The highest BCUT2D eigenvalue weighted by Crippen LogP contribution is 2.43. The molecule has 1 aromatic carbocycles. The van der Waals surface area contributed by atoms with Crippen LogP contribution in [-0.2, 0) is 6.54 Å². The number of pyridine rings is 1. The number of aromatic nitrogens is 4. The van der Waals surface area contributed by atoms with Gasteiger partial charge >= 0.3 is 0 Å². The van der Waals surface area contributed by atoms with E-state index in [1.54, 1.807) is 6.07 Å². The summed E-state index contributed by atoms with van der Waals surface area (Å²) in [7, 11) is 1.91. The minimum atomic E-state index is -0.406. The average Bonchev–Trinajstić information content (AvgIpc) is 3.49. The number of hydrogen-bond acceptors (Lipinski definition) is 6. The highest BCUT2D eigenvalue weighted by molar-refractivity contribution is 5.98. The Balaban J connectivity index is 1.28. The fourth-order valence-corrected chi connectivity index (χ4v) is 7.50. The number of benzene rings is 1. The summed E-state index contributed by atoms with van der Waals surface area (Å²) in [5.41, 5.74) is 17.6. The molecule has 2 bridgehead atoms. The van der Waals surface area contributed by atoms with E-state index in [1.807, 2.05) is 24.9 Å². The topological polar surface area (TPSA) is 120 Å². The zero-order chi connectivity index (χ0) is 31.4. The number of hydrogen-bond donors (Lipinski definition) is 3. The molecule has 9 nitrogen and oxygen atoms in total. The number of unbranched alkanes of at least 4 members (excludes halogenated alkanes) is 2. The molecule has 4 aromatic rings. The number of nitrogens with two attached hydrogens (primary N) is 2. The van der Waals surface area contributed by atoms with E-state index in [2.05, 4.69) is 33.2 Å². The second kappa shape index (κ2) is 11.9.